The number of aliphatic carboxylic acids is 1. The largest absolute Gasteiger partial charge is 0.497 e. The summed E-state index contributed by atoms with van der Waals surface area (Å²) in [5.74, 6) is -1.32. The van der Waals surface area contributed by atoms with E-state index in [1.165, 1.54) is 32.4 Å². The third-order valence-corrected chi connectivity index (χ3v) is 3.82. The van der Waals surface area contributed by atoms with Gasteiger partial charge in [-0.25, -0.2) is 9.18 Å². The predicted octanol–water partition coefficient (Wildman–Crippen LogP) is 2.72. The molecule has 0 fully saturated rings. The number of ether oxygens (including phenoxy) is 2. The van der Waals surface area contributed by atoms with Crippen molar-refractivity contribution in [2.75, 3.05) is 14.2 Å². The van der Waals surface area contributed by atoms with Crippen LogP contribution in [0.2, 0.25) is 0 Å². The van der Waals surface area contributed by atoms with Crippen molar-refractivity contribution in [3.63, 3.8) is 0 Å². The number of carbonyl (C=O) groups is 2. The van der Waals surface area contributed by atoms with E-state index in [9.17, 15) is 19.1 Å². The molecule has 0 radical (unpaired) electrons. The minimum absolute atomic E-state index is 0.0363. The number of aryl methyl sites for hydroxylation is 1. The minimum atomic E-state index is -1.44. The maximum atomic E-state index is 13.8. The fraction of sp³-hybridized carbons (Fsp3) is 0.263. The SMILES string of the molecule is COc1cc(CCC(=O)NC(C(=O)O)c2ccccc2F)cc(OC)c1. The standard InChI is InChI=1S/C19H20FNO5/c1-25-13-9-12(10-14(11-13)26-2)7-8-17(22)21-18(19(23)24)15-5-3-4-6-16(15)20/h3-6,9-11,18H,7-8H2,1-2H3,(H,21,22)(H,23,24). The van der Waals surface area contributed by atoms with Crippen LogP contribution in [0.5, 0.6) is 11.5 Å². The number of hydrogen-bond acceptors (Lipinski definition) is 4. The molecule has 0 aliphatic rings. The molecular weight excluding hydrogens is 341 g/mol. The average Bonchev–Trinajstić information content (AvgIpc) is 2.64. The van der Waals surface area contributed by atoms with Crippen LogP contribution >= 0.6 is 0 Å². The van der Waals surface area contributed by atoms with Gasteiger partial charge in [-0.1, -0.05) is 18.2 Å². The van der Waals surface area contributed by atoms with Crippen molar-refractivity contribution < 1.29 is 28.6 Å². The third-order valence-electron chi connectivity index (χ3n) is 3.82. The molecule has 2 N–H and O–H groups in total. The van der Waals surface area contributed by atoms with Crippen molar-refractivity contribution in [1.82, 2.24) is 5.32 Å². The van der Waals surface area contributed by atoms with Crippen LogP contribution in [-0.4, -0.2) is 31.2 Å². The third kappa shape index (κ3) is 4.95. The van der Waals surface area contributed by atoms with Crippen LogP contribution in [0.3, 0.4) is 0 Å². The first-order valence-electron chi connectivity index (χ1n) is 7.93. The Morgan fingerprint density at radius 2 is 1.73 bits per heavy atom. The maximum Gasteiger partial charge on any atom is 0.331 e. The first kappa shape index (κ1) is 19.2. The summed E-state index contributed by atoms with van der Waals surface area (Å²) in [6.45, 7) is 0. The van der Waals surface area contributed by atoms with Crippen LogP contribution in [0.15, 0.2) is 42.5 Å². The Kier molecular flexibility index (Phi) is 6.54. The molecule has 2 aromatic rings. The second-order valence-corrected chi connectivity index (χ2v) is 5.58. The number of hydrogen-bond donors (Lipinski definition) is 2. The highest BCUT2D eigenvalue weighted by Crippen LogP contribution is 2.23. The highest BCUT2D eigenvalue weighted by Gasteiger charge is 2.24. The number of halogens is 1. The molecule has 26 heavy (non-hydrogen) atoms. The fourth-order valence-electron chi connectivity index (χ4n) is 2.48. The molecule has 6 nitrogen and oxygen atoms in total. The molecule has 0 spiro atoms. The summed E-state index contributed by atoms with van der Waals surface area (Å²) in [4.78, 5) is 23.6. The summed E-state index contributed by atoms with van der Waals surface area (Å²) < 4.78 is 24.2. The Labute approximate surface area is 150 Å². The van der Waals surface area contributed by atoms with Gasteiger partial charge in [-0.15, -0.1) is 0 Å². The summed E-state index contributed by atoms with van der Waals surface area (Å²) in [5, 5.41) is 11.7. The van der Waals surface area contributed by atoms with E-state index >= 15 is 0 Å². The lowest BCUT2D eigenvalue weighted by atomic mass is 10.0. The topological polar surface area (TPSA) is 84.9 Å². The van der Waals surface area contributed by atoms with Crippen LogP contribution in [0.25, 0.3) is 0 Å². The Morgan fingerprint density at radius 1 is 1.12 bits per heavy atom. The van der Waals surface area contributed by atoms with E-state index in [4.69, 9.17) is 9.47 Å². The van der Waals surface area contributed by atoms with E-state index in [1.807, 2.05) is 0 Å². The van der Waals surface area contributed by atoms with Gasteiger partial charge in [-0.3, -0.25) is 4.79 Å². The maximum absolute atomic E-state index is 13.8. The number of benzene rings is 2. The number of carboxylic acids is 1. The smallest absolute Gasteiger partial charge is 0.331 e. The van der Waals surface area contributed by atoms with Gasteiger partial charge in [0.25, 0.3) is 0 Å². The lowest BCUT2D eigenvalue weighted by Gasteiger charge is -2.16. The van der Waals surface area contributed by atoms with Gasteiger partial charge in [-0.2, -0.15) is 0 Å². The molecule has 0 aliphatic carbocycles. The van der Waals surface area contributed by atoms with Crippen LogP contribution in [0.4, 0.5) is 4.39 Å². The average molecular weight is 361 g/mol. The molecule has 1 amide bonds. The first-order chi connectivity index (χ1) is 12.4. The van der Waals surface area contributed by atoms with E-state index in [2.05, 4.69) is 5.32 Å². The normalized spacial score (nSPS) is 11.5. The highest BCUT2D eigenvalue weighted by atomic mass is 19.1. The van der Waals surface area contributed by atoms with E-state index in [0.717, 1.165) is 11.6 Å². The molecule has 1 atom stereocenters. The Bertz CT molecular complexity index is 771. The van der Waals surface area contributed by atoms with Crippen LogP contribution in [0, 0.1) is 5.82 Å². The Morgan fingerprint density at radius 3 is 2.27 bits per heavy atom. The van der Waals surface area contributed by atoms with Gasteiger partial charge in [0.05, 0.1) is 14.2 Å². The zero-order chi connectivity index (χ0) is 19.1. The quantitative estimate of drug-likeness (QED) is 0.755. The van der Waals surface area contributed by atoms with Gasteiger partial charge >= 0.3 is 5.97 Å². The molecule has 0 saturated carbocycles. The number of amides is 1. The molecule has 138 valence electrons. The molecule has 0 aliphatic heterocycles. The van der Waals surface area contributed by atoms with E-state index in [1.54, 1.807) is 18.2 Å². The van der Waals surface area contributed by atoms with Crippen molar-refractivity contribution in [3.05, 3.63) is 59.4 Å². The second-order valence-electron chi connectivity index (χ2n) is 5.58. The van der Waals surface area contributed by atoms with Gasteiger partial charge in [0.2, 0.25) is 5.91 Å². The van der Waals surface area contributed by atoms with Gasteiger partial charge in [0.1, 0.15) is 17.3 Å². The molecule has 0 bridgehead atoms. The highest BCUT2D eigenvalue weighted by molar-refractivity contribution is 5.84. The summed E-state index contributed by atoms with van der Waals surface area (Å²) in [6, 6.07) is 9.26. The van der Waals surface area contributed by atoms with E-state index < -0.39 is 23.7 Å². The number of rotatable bonds is 8. The lowest BCUT2D eigenvalue weighted by Crippen LogP contribution is -2.34. The van der Waals surface area contributed by atoms with Crippen molar-refractivity contribution in [3.8, 4) is 11.5 Å². The van der Waals surface area contributed by atoms with Crippen LogP contribution < -0.4 is 14.8 Å². The van der Waals surface area contributed by atoms with E-state index in [0.29, 0.717) is 17.9 Å². The molecule has 2 aromatic carbocycles. The van der Waals surface area contributed by atoms with Crippen molar-refractivity contribution in [1.29, 1.82) is 0 Å². The van der Waals surface area contributed by atoms with Gasteiger partial charge in [0.15, 0.2) is 6.04 Å². The van der Waals surface area contributed by atoms with Gasteiger partial charge < -0.3 is 19.9 Å². The number of nitrogens with one attached hydrogen (secondary N) is 1. The number of methoxy groups -OCH3 is 2. The molecular formula is C19H20FNO5. The van der Waals surface area contributed by atoms with Crippen molar-refractivity contribution >= 4 is 11.9 Å². The molecule has 1 unspecified atom stereocenters. The van der Waals surface area contributed by atoms with Crippen LogP contribution in [-0.2, 0) is 16.0 Å². The summed E-state index contributed by atoms with van der Waals surface area (Å²) >= 11 is 0. The summed E-state index contributed by atoms with van der Waals surface area (Å²) in [5.41, 5.74) is 0.713. The summed E-state index contributed by atoms with van der Waals surface area (Å²) in [6.07, 6.45) is 0.386. The van der Waals surface area contributed by atoms with Crippen molar-refractivity contribution in [2.45, 2.75) is 18.9 Å². The first-order valence-corrected chi connectivity index (χ1v) is 7.93. The Hall–Kier alpha value is -3.09. The van der Waals surface area contributed by atoms with E-state index in [-0.39, 0.29) is 12.0 Å². The molecule has 0 saturated heterocycles. The molecule has 7 heteroatoms. The summed E-state index contributed by atoms with van der Waals surface area (Å²) in [7, 11) is 3.05. The number of carboxylic acid groups (broad SMARTS) is 1. The molecule has 2 rings (SSSR count). The zero-order valence-corrected chi connectivity index (χ0v) is 14.5. The van der Waals surface area contributed by atoms with Gasteiger partial charge in [-0.05, 0) is 30.2 Å². The van der Waals surface area contributed by atoms with Crippen LogP contribution in [0.1, 0.15) is 23.6 Å². The fourth-order valence-corrected chi connectivity index (χ4v) is 2.48. The predicted molar refractivity (Wildman–Crippen MR) is 92.8 cm³/mol. The molecule has 0 aromatic heterocycles. The Balaban J connectivity index is 2.05. The zero-order valence-electron chi connectivity index (χ0n) is 14.5. The minimum Gasteiger partial charge on any atom is -0.497 e. The molecule has 0 heterocycles. The second kappa shape index (κ2) is 8.84. The van der Waals surface area contributed by atoms with Crippen molar-refractivity contribution in [2.24, 2.45) is 0 Å². The number of carbonyl (C=O) groups excluding carboxylic acids is 1. The lowest BCUT2D eigenvalue weighted by molar-refractivity contribution is -0.142. The monoisotopic (exact) mass is 361 g/mol. The van der Waals surface area contributed by atoms with Gasteiger partial charge in [0, 0.05) is 18.1 Å².